The minimum Gasteiger partial charge on any atom is -0.339 e. The second-order valence-corrected chi connectivity index (χ2v) is 6.79. The lowest BCUT2D eigenvalue weighted by atomic mass is 10.1. The number of benzene rings is 2. The van der Waals surface area contributed by atoms with Crippen molar-refractivity contribution < 1.29 is 9.59 Å². The Morgan fingerprint density at radius 1 is 0.966 bits per heavy atom. The fourth-order valence-electron chi connectivity index (χ4n) is 3.21. The van der Waals surface area contributed by atoms with E-state index in [1.165, 1.54) is 0 Å². The second-order valence-electron chi connectivity index (χ2n) is 6.79. The first-order valence-corrected chi connectivity index (χ1v) is 9.93. The van der Waals surface area contributed by atoms with E-state index in [1.807, 2.05) is 29.2 Å². The lowest BCUT2D eigenvalue weighted by Crippen LogP contribution is -2.32. The Morgan fingerprint density at radius 3 is 2.28 bits per heavy atom. The van der Waals surface area contributed by atoms with Crippen molar-refractivity contribution in [2.45, 2.75) is 26.7 Å². The number of carbonyl (C=O) groups excluding carboxylic acids is 2. The first kappa shape index (κ1) is 20.3. The summed E-state index contributed by atoms with van der Waals surface area (Å²) in [5.41, 5.74) is 2.49. The fraction of sp³-hybridized carbons (Fsp3) is 0.261. The predicted octanol–water partition coefficient (Wildman–Crippen LogP) is 4.39. The van der Waals surface area contributed by atoms with Gasteiger partial charge in [0.25, 0.3) is 11.8 Å². The maximum Gasteiger partial charge on any atom is 0.257 e. The number of hydrogen-bond donors (Lipinski definition) is 1. The number of para-hydroxylation sites is 1. The molecule has 0 aliphatic carbocycles. The first-order chi connectivity index (χ1) is 14.1. The summed E-state index contributed by atoms with van der Waals surface area (Å²) in [6.45, 7) is 5.62. The van der Waals surface area contributed by atoms with E-state index in [1.54, 1.807) is 47.4 Å². The summed E-state index contributed by atoms with van der Waals surface area (Å²) in [4.78, 5) is 27.4. The average molecular weight is 390 g/mol. The van der Waals surface area contributed by atoms with Gasteiger partial charge in [0.15, 0.2) is 0 Å². The molecule has 0 saturated carbocycles. The van der Waals surface area contributed by atoms with Gasteiger partial charge in [-0.1, -0.05) is 26.0 Å². The zero-order valence-electron chi connectivity index (χ0n) is 16.8. The van der Waals surface area contributed by atoms with Gasteiger partial charge in [-0.15, -0.1) is 0 Å². The van der Waals surface area contributed by atoms with E-state index in [2.05, 4.69) is 24.3 Å². The third-order valence-corrected chi connectivity index (χ3v) is 4.56. The Hall–Kier alpha value is -3.41. The Balaban J connectivity index is 1.74. The van der Waals surface area contributed by atoms with Gasteiger partial charge in [-0.05, 0) is 55.3 Å². The van der Waals surface area contributed by atoms with E-state index in [4.69, 9.17) is 0 Å². The summed E-state index contributed by atoms with van der Waals surface area (Å²) in [7, 11) is 0. The van der Waals surface area contributed by atoms with E-state index >= 15 is 0 Å². The summed E-state index contributed by atoms with van der Waals surface area (Å²) in [6, 6.07) is 16.1. The molecule has 0 saturated heterocycles. The van der Waals surface area contributed by atoms with Gasteiger partial charge < -0.3 is 10.2 Å². The number of nitrogens with one attached hydrogen (secondary N) is 1. The van der Waals surface area contributed by atoms with Gasteiger partial charge in [-0.25, -0.2) is 4.68 Å². The molecule has 0 unspecified atom stereocenters. The average Bonchev–Trinajstić information content (AvgIpc) is 3.28. The van der Waals surface area contributed by atoms with Crippen LogP contribution in [0.1, 0.15) is 47.4 Å². The van der Waals surface area contributed by atoms with Gasteiger partial charge in [0.2, 0.25) is 0 Å². The molecule has 0 fully saturated rings. The van der Waals surface area contributed by atoms with Crippen LogP contribution in [0.2, 0.25) is 0 Å². The number of nitrogens with zero attached hydrogens (tertiary/aromatic N) is 3. The number of hydrogen-bond acceptors (Lipinski definition) is 3. The summed E-state index contributed by atoms with van der Waals surface area (Å²) >= 11 is 0. The van der Waals surface area contributed by atoms with Crippen molar-refractivity contribution in [2.75, 3.05) is 18.4 Å². The van der Waals surface area contributed by atoms with E-state index in [-0.39, 0.29) is 11.8 Å². The largest absolute Gasteiger partial charge is 0.339 e. The highest BCUT2D eigenvalue weighted by atomic mass is 16.2. The van der Waals surface area contributed by atoms with Crippen molar-refractivity contribution in [3.63, 3.8) is 0 Å². The Labute approximate surface area is 171 Å². The number of anilines is 1. The van der Waals surface area contributed by atoms with Crippen LogP contribution < -0.4 is 5.32 Å². The summed E-state index contributed by atoms with van der Waals surface area (Å²) in [6.07, 6.45) is 5.32. The van der Waals surface area contributed by atoms with Crippen LogP contribution in [0.3, 0.4) is 0 Å². The lowest BCUT2D eigenvalue weighted by molar-refractivity contribution is 0.0755. The van der Waals surface area contributed by atoms with Crippen molar-refractivity contribution in [1.29, 1.82) is 0 Å². The molecule has 150 valence electrons. The quantitative estimate of drug-likeness (QED) is 0.620. The molecule has 0 aliphatic heterocycles. The molecule has 0 bridgehead atoms. The molecule has 0 aliphatic rings. The van der Waals surface area contributed by atoms with Crippen molar-refractivity contribution in [1.82, 2.24) is 14.7 Å². The van der Waals surface area contributed by atoms with Crippen LogP contribution in [0.25, 0.3) is 5.69 Å². The molecule has 0 atom stereocenters. The minimum atomic E-state index is -0.228. The second kappa shape index (κ2) is 9.68. The highest BCUT2D eigenvalue weighted by molar-refractivity contribution is 6.07. The molecule has 3 aromatic rings. The van der Waals surface area contributed by atoms with Crippen LogP contribution in [0.4, 0.5) is 5.69 Å². The minimum absolute atomic E-state index is 0.0237. The molecule has 1 N–H and O–H groups in total. The summed E-state index contributed by atoms with van der Waals surface area (Å²) in [5, 5.41) is 7.11. The van der Waals surface area contributed by atoms with E-state index in [9.17, 15) is 9.59 Å². The molecule has 1 aromatic heterocycles. The molecular formula is C23H26N4O2. The summed E-state index contributed by atoms with van der Waals surface area (Å²) < 4.78 is 1.66. The molecule has 3 rings (SSSR count). The highest BCUT2D eigenvalue weighted by Crippen LogP contribution is 2.17. The molecular weight excluding hydrogens is 364 g/mol. The Kier molecular flexibility index (Phi) is 6.79. The van der Waals surface area contributed by atoms with Gasteiger partial charge in [0.05, 0.1) is 11.3 Å². The van der Waals surface area contributed by atoms with Crippen molar-refractivity contribution >= 4 is 17.5 Å². The molecule has 1 heterocycles. The Bertz CT molecular complexity index is 943. The van der Waals surface area contributed by atoms with Crippen LogP contribution >= 0.6 is 0 Å². The normalized spacial score (nSPS) is 10.6. The molecule has 6 nitrogen and oxygen atoms in total. The molecule has 0 radical (unpaired) electrons. The number of rotatable bonds is 8. The molecule has 29 heavy (non-hydrogen) atoms. The van der Waals surface area contributed by atoms with E-state index in [0.717, 1.165) is 25.9 Å². The summed E-state index contributed by atoms with van der Waals surface area (Å²) in [5.74, 6) is -0.204. The smallest absolute Gasteiger partial charge is 0.257 e. The van der Waals surface area contributed by atoms with E-state index in [0.29, 0.717) is 22.5 Å². The van der Waals surface area contributed by atoms with Crippen LogP contribution in [-0.2, 0) is 0 Å². The Morgan fingerprint density at radius 2 is 1.66 bits per heavy atom. The topological polar surface area (TPSA) is 67.2 Å². The van der Waals surface area contributed by atoms with Crippen LogP contribution in [0.15, 0.2) is 67.0 Å². The van der Waals surface area contributed by atoms with Crippen LogP contribution in [-0.4, -0.2) is 39.6 Å². The molecule has 2 amide bonds. The van der Waals surface area contributed by atoms with E-state index < -0.39 is 0 Å². The van der Waals surface area contributed by atoms with Gasteiger partial charge >= 0.3 is 0 Å². The van der Waals surface area contributed by atoms with Gasteiger partial charge in [0.1, 0.15) is 0 Å². The molecule has 6 heteroatoms. The highest BCUT2D eigenvalue weighted by Gasteiger charge is 2.15. The fourth-order valence-corrected chi connectivity index (χ4v) is 3.21. The van der Waals surface area contributed by atoms with Crippen molar-refractivity contribution in [2.24, 2.45) is 0 Å². The third kappa shape index (κ3) is 4.90. The molecule has 2 aromatic carbocycles. The monoisotopic (exact) mass is 390 g/mol. The lowest BCUT2D eigenvalue weighted by Gasteiger charge is -2.21. The van der Waals surface area contributed by atoms with Gasteiger partial charge in [-0.3, -0.25) is 9.59 Å². The van der Waals surface area contributed by atoms with Crippen molar-refractivity contribution in [3.8, 4) is 5.69 Å². The zero-order valence-corrected chi connectivity index (χ0v) is 16.8. The first-order valence-electron chi connectivity index (χ1n) is 9.93. The zero-order chi connectivity index (χ0) is 20.6. The van der Waals surface area contributed by atoms with Crippen LogP contribution in [0.5, 0.6) is 0 Å². The third-order valence-electron chi connectivity index (χ3n) is 4.56. The standard InChI is InChI=1S/C23H26N4O2/c1-3-15-26(16-4-2)23(29)18-10-12-19(13-11-18)25-22(28)20-8-5-6-9-21(20)27-17-7-14-24-27/h5-14,17H,3-4,15-16H2,1-2H3,(H,25,28). The number of amides is 2. The maximum absolute atomic E-state index is 12.8. The van der Waals surface area contributed by atoms with Gasteiger partial charge in [0, 0.05) is 36.7 Å². The number of aromatic nitrogens is 2. The van der Waals surface area contributed by atoms with Gasteiger partial charge in [-0.2, -0.15) is 5.10 Å². The number of carbonyl (C=O) groups is 2. The van der Waals surface area contributed by atoms with Crippen LogP contribution in [0, 0.1) is 0 Å². The van der Waals surface area contributed by atoms with Crippen molar-refractivity contribution in [3.05, 3.63) is 78.1 Å². The predicted molar refractivity (Wildman–Crippen MR) is 114 cm³/mol. The molecule has 0 spiro atoms. The SMILES string of the molecule is CCCN(CCC)C(=O)c1ccc(NC(=O)c2ccccc2-n2cccn2)cc1. The maximum atomic E-state index is 12.8.